The van der Waals surface area contributed by atoms with Gasteiger partial charge in [0.25, 0.3) is 12.3 Å². The van der Waals surface area contributed by atoms with E-state index in [0.717, 1.165) is 18.4 Å². The Morgan fingerprint density at radius 2 is 1.82 bits per heavy atom. The summed E-state index contributed by atoms with van der Waals surface area (Å²) in [6.07, 6.45) is -3.71. The number of carbonyl (C=O) groups is 2. The quantitative estimate of drug-likeness (QED) is 0.121. The summed E-state index contributed by atoms with van der Waals surface area (Å²) in [4.78, 5) is 31.0. The topological polar surface area (TPSA) is 191 Å². The van der Waals surface area contributed by atoms with E-state index in [9.17, 15) is 35.6 Å². The predicted octanol–water partition coefficient (Wildman–Crippen LogP) is 5.03. The SMILES string of the molecule is Cn1nc(NS(C)(=O)=O)c2c(Cl)ccc(-c3cc4c(nc3[C@H](Cc3cc(F)cc(F)c3)NC(=O)Cn3nc(C(F)F)c5c3C(F)(F)C[C@@H]5N)NCC(=O)N4)c21. The average Bonchev–Trinajstić information content (AvgIpc) is 3.69. The number of nitrogens with zero attached hydrogens (tertiary/aromatic N) is 5. The Morgan fingerprint density at radius 3 is 2.49 bits per heavy atom. The molecule has 0 spiro atoms. The number of amides is 2. The number of fused-ring (bicyclic) bond motifs is 3. The number of halogens is 7. The van der Waals surface area contributed by atoms with Gasteiger partial charge >= 0.3 is 0 Å². The van der Waals surface area contributed by atoms with Gasteiger partial charge in [-0.1, -0.05) is 17.7 Å². The van der Waals surface area contributed by atoms with Gasteiger partial charge in [-0.05, 0) is 36.2 Å². The van der Waals surface area contributed by atoms with E-state index in [1.54, 1.807) is 0 Å². The van der Waals surface area contributed by atoms with Crippen LogP contribution in [0, 0.1) is 11.6 Å². The number of pyridine rings is 1. The molecule has 0 saturated heterocycles. The van der Waals surface area contributed by atoms with Crippen LogP contribution in [0.5, 0.6) is 0 Å². The molecule has 2 atom stereocenters. The molecule has 1 aliphatic heterocycles. The first-order valence-electron chi connectivity index (χ1n) is 16.3. The predicted molar refractivity (Wildman–Crippen MR) is 188 cm³/mol. The lowest BCUT2D eigenvalue weighted by Gasteiger charge is -2.26. The zero-order valence-electron chi connectivity index (χ0n) is 28.5. The van der Waals surface area contributed by atoms with E-state index in [-0.39, 0.29) is 68.6 Å². The van der Waals surface area contributed by atoms with Crippen LogP contribution in [0.1, 0.15) is 53.1 Å². The Kier molecular flexibility index (Phi) is 9.44. The fourth-order valence-corrected chi connectivity index (χ4v) is 7.73. The third-order valence-corrected chi connectivity index (χ3v) is 9.87. The van der Waals surface area contributed by atoms with Crippen LogP contribution in [0.2, 0.25) is 5.02 Å². The molecule has 5 aromatic rings. The molecule has 6 N–H and O–H groups in total. The van der Waals surface area contributed by atoms with Gasteiger partial charge in [0.1, 0.15) is 29.6 Å². The number of anilines is 3. The molecule has 22 heteroatoms. The van der Waals surface area contributed by atoms with Gasteiger partial charge in [0, 0.05) is 42.3 Å². The summed E-state index contributed by atoms with van der Waals surface area (Å²) < 4.78 is 116. The maximum atomic E-state index is 15.1. The molecule has 290 valence electrons. The summed E-state index contributed by atoms with van der Waals surface area (Å²) in [5.74, 6) is -7.05. The van der Waals surface area contributed by atoms with Crippen molar-refractivity contribution in [3.63, 3.8) is 0 Å². The summed E-state index contributed by atoms with van der Waals surface area (Å²) >= 11 is 6.56. The lowest BCUT2D eigenvalue weighted by atomic mass is 9.93. The summed E-state index contributed by atoms with van der Waals surface area (Å²) in [5.41, 5.74) is 4.24. The minimum Gasteiger partial charge on any atom is -0.359 e. The van der Waals surface area contributed by atoms with Crippen molar-refractivity contribution in [1.82, 2.24) is 29.9 Å². The first-order chi connectivity index (χ1) is 25.8. The van der Waals surface area contributed by atoms with Crippen molar-refractivity contribution in [2.75, 3.05) is 28.2 Å². The molecule has 4 heterocycles. The molecule has 2 amide bonds. The van der Waals surface area contributed by atoms with E-state index >= 15 is 8.78 Å². The number of sulfonamides is 1. The number of carbonyl (C=O) groups excluding carboxylic acids is 2. The fraction of sp³-hybridized carbons (Fsp3) is 0.303. The zero-order chi connectivity index (χ0) is 39.7. The number of aryl methyl sites for hydroxylation is 1. The Morgan fingerprint density at radius 1 is 1.11 bits per heavy atom. The van der Waals surface area contributed by atoms with Crippen LogP contribution in [0.25, 0.3) is 22.0 Å². The number of rotatable bonds is 10. The van der Waals surface area contributed by atoms with Crippen molar-refractivity contribution in [2.45, 2.75) is 43.8 Å². The molecule has 0 unspecified atom stereocenters. The van der Waals surface area contributed by atoms with Gasteiger partial charge in [-0.2, -0.15) is 19.0 Å². The van der Waals surface area contributed by atoms with Crippen LogP contribution in [0.15, 0.2) is 36.4 Å². The van der Waals surface area contributed by atoms with E-state index in [1.807, 2.05) is 0 Å². The molecule has 7 rings (SSSR count). The standard InChI is InChI=1S/C33H29ClF6N10O4S/c1-49-28-16(3-4-18(34)24(28)32(47-49)48-55(2,53)54)17-9-21-31(42-11-22(51)44-21)45-26(17)20(7-13-5-14(35)8-15(36)6-13)43-23(52)12-50-29-25(27(46-50)30(37)38)19(41)10-33(29,39)40/h3-6,8-9,19-20,30H,7,10-12,41H2,1-2H3,(H,42,45)(H,43,52)(H,44,51)(H,47,48)/t19-,20-/m0/s1. The third-order valence-electron chi connectivity index (χ3n) is 8.99. The lowest BCUT2D eigenvalue weighted by Crippen LogP contribution is -2.35. The molecule has 0 bridgehead atoms. The second kappa shape index (κ2) is 13.7. The van der Waals surface area contributed by atoms with Crippen LogP contribution >= 0.6 is 11.6 Å². The maximum absolute atomic E-state index is 15.1. The minimum atomic E-state index is -3.85. The minimum absolute atomic E-state index is 0.00850. The Balaban J connectivity index is 1.40. The van der Waals surface area contributed by atoms with Crippen molar-refractivity contribution in [2.24, 2.45) is 12.8 Å². The smallest absolute Gasteiger partial charge is 0.291 e. The molecule has 1 aliphatic carbocycles. The number of nitrogens with two attached hydrogens (primary N) is 1. The molecule has 2 aliphatic rings. The van der Waals surface area contributed by atoms with Crippen molar-refractivity contribution < 1.29 is 44.3 Å². The molecular weight excluding hydrogens is 782 g/mol. The highest BCUT2D eigenvalue weighted by molar-refractivity contribution is 7.92. The molecular formula is C33H29ClF6N10O4S. The summed E-state index contributed by atoms with van der Waals surface area (Å²) in [6, 6.07) is 4.28. The molecule has 0 radical (unpaired) electrons. The molecule has 0 fully saturated rings. The fourth-order valence-electron chi connectivity index (χ4n) is 6.99. The normalized spacial score (nSPS) is 16.8. The Labute approximate surface area is 312 Å². The first kappa shape index (κ1) is 37.9. The average molecular weight is 811 g/mol. The third kappa shape index (κ3) is 7.25. The largest absolute Gasteiger partial charge is 0.359 e. The van der Waals surface area contributed by atoms with Gasteiger partial charge in [0.2, 0.25) is 21.8 Å². The summed E-state index contributed by atoms with van der Waals surface area (Å²) in [5, 5.41) is 16.4. The number of aromatic nitrogens is 5. The highest BCUT2D eigenvalue weighted by Gasteiger charge is 2.50. The Hall–Kier alpha value is -5.41. The van der Waals surface area contributed by atoms with Crippen LogP contribution in [-0.4, -0.2) is 57.6 Å². The summed E-state index contributed by atoms with van der Waals surface area (Å²) in [6.45, 7) is -1.20. The summed E-state index contributed by atoms with van der Waals surface area (Å²) in [7, 11) is -2.35. The molecule has 3 aromatic heterocycles. The van der Waals surface area contributed by atoms with E-state index in [0.29, 0.717) is 10.7 Å². The number of nitrogens with one attached hydrogen (secondary N) is 4. The monoisotopic (exact) mass is 810 g/mol. The number of benzene rings is 2. The van der Waals surface area contributed by atoms with Gasteiger partial charge in [0.15, 0.2) is 11.6 Å². The van der Waals surface area contributed by atoms with Crippen LogP contribution in [0.3, 0.4) is 0 Å². The second-order valence-corrected chi connectivity index (χ2v) is 15.3. The van der Waals surface area contributed by atoms with Crippen molar-refractivity contribution >= 4 is 61.7 Å². The van der Waals surface area contributed by atoms with Crippen molar-refractivity contribution in [1.29, 1.82) is 0 Å². The van der Waals surface area contributed by atoms with E-state index in [4.69, 9.17) is 22.3 Å². The van der Waals surface area contributed by atoms with Crippen molar-refractivity contribution in [3.05, 3.63) is 81.3 Å². The second-order valence-electron chi connectivity index (χ2n) is 13.1. The van der Waals surface area contributed by atoms with E-state index in [1.165, 1.54) is 29.9 Å². The first-order valence-corrected chi connectivity index (χ1v) is 18.6. The molecule has 2 aromatic carbocycles. The van der Waals surface area contributed by atoms with Crippen molar-refractivity contribution in [3.8, 4) is 11.1 Å². The van der Waals surface area contributed by atoms with Gasteiger partial charge in [-0.3, -0.25) is 23.7 Å². The number of alkyl halides is 4. The van der Waals surface area contributed by atoms with E-state index in [2.05, 4.69) is 30.9 Å². The zero-order valence-corrected chi connectivity index (χ0v) is 30.1. The number of hydrogen-bond acceptors (Lipinski definition) is 9. The van der Waals surface area contributed by atoms with Crippen LogP contribution in [0.4, 0.5) is 43.7 Å². The Bertz CT molecular complexity index is 2510. The highest BCUT2D eigenvalue weighted by atomic mass is 35.5. The van der Waals surface area contributed by atoms with Crippen LogP contribution in [-0.2, 0) is 45.5 Å². The highest BCUT2D eigenvalue weighted by Crippen LogP contribution is 2.49. The molecule has 14 nitrogen and oxygen atoms in total. The maximum Gasteiger partial charge on any atom is 0.291 e. The van der Waals surface area contributed by atoms with Gasteiger partial charge in [-0.25, -0.2) is 31.0 Å². The van der Waals surface area contributed by atoms with Gasteiger partial charge in [0.05, 0.1) is 46.1 Å². The van der Waals surface area contributed by atoms with Crippen LogP contribution < -0.4 is 26.4 Å². The lowest BCUT2D eigenvalue weighted by molar-refractivity contribution is -0.123. The molecule has 55 heavy (non-hydrogen) atoms. The number of hydrogen-bond donors (Lipinski definition) is 5. The van der Waals surface area contributed by atoms with Gasteiger partial charge in [-0.15, -0.1) is 0 Å². The molecule has 0 saturated carbocycles. The van der Waals surface area contributed by atoms with E-state index < -0.39 is 87.8 Å². The van der Waals surface area contributed by atoms with Gasteiger partial charge < -0.3 is 21.7 Å².